The zero-order valence-corrected chi connectivity index (χ0v) is 20.6. The highest BCUT2D eigenvalue weighted by atomic mass is 32.3. The van der Waals surface area contributed by atoms with E-state index in [4.69, 9.17) is 23.3 Å². The van der Waals surface area contributed by atoms with Crippen LogP contribution in [0.15, 0.2) is 40.9 Å². The average molecular weight is 543 g/mol. The monoisotopic (exact) mass is 542 g/mol. The molecule has 202 valence electrons. The van der Waals surface area contributed by atoms with Crippen LogP contribution in [-0.4, -0.2) is 91.2 Å². The summed E-state index contributed by atoms with van der Waals surface area (Å²) >= 11 is 0. The number of hydrogen-bond acceptors (Lipinski definition) is 11. The van der Waals surface area contributed by atoms with Crippen molar-refractivity contribution in [3.63, 3.8) is 0 Å². The average Bonchev–Trinajstić information content (AvgIpc) is 2.73. The number of carbonyl (C=O) groups is 3. The number of hydrogen-bond donors (Lipinski definition) is 8. The number of amides is 1. The van der Waals surface area contributed by atoms with Gasteiger partial charge >= 0.3 is 10.4 Å². The van der Waals surface area contributed by atoms with Gasteiger partial charge in [-0.3, -0.25) is 28.4 Å². The van der Waals surface area contributed by atoms with Gasteiger partial charge in [0.25, 0.3) is 5.91 Å². The summed E-state index contributed by atoms with van der Waals surface area (Å²) in [5.41, 5.74) is -0.654. The molecule has 0 fully saturated rings. The topological polar surface area (TPSA) is 256 Å². The first-order chi connectivity index (χ1) is 16.8. The molecule has 0 aromatic heterocycles. The molecule has 15 heteroatoms. The van der Waals surface area contributed by atoms with E-state index < -0.39 is 85.4 Å². The van der Waals surface area contributed by atoms with E-state index in [1.54, 1.807) is 0 Å². The number of fused-ring (bicyclic) bond motifs is 3. The molecule has 0 spiro atoms. The number of aliphatic hydroxyl groups excluding tert-OH is 2. The van der Waals surface area contributed by atoms with Crippen LogP contribution >= 0.6 is 0 Å². The summed E-state index contributed by atoms with van der Waals surface area (Å²) in [6.45, 7) is 1.40. The Kier molecular flexibility index (Phi) is 6.79. The first-order valence-corrected chi connectivity index (χ1v) is 12.1. The molecule has 37 heavy (non-hydrogen) atoms. The lowest BCUT2D eigenvalue weighted by Gasteiger charge is -2.52. The van der Waals surface area contributed by atoms with E-state index in [0.29, 0.717) is 0 Å². The molecule has 1 aromatic carbocycles. The summed E-state index contributed by atoms with van der Waals surface area (Å²) in [6.07, 6.45) is -0.200. The van der Waals surface area contributed by atoms with Gasteiger partial charge in [0.15, 0.2) is 11.4 Å². The Morgan fingerprint density at radius 2 is 1.65 bits per heavy atom. The summed E-state index contributed by atoms with van der Waals surface area (Å²) in [6, 6.07) is 3.05. The molecule has 5 atom stereocenters. The minimum absolute atomic E-state index is 0.135. The van der Waals surface area contributed by atoms with Crippen LogP contribution < -0.4 is 5.73 Å². The molecular formula is C22H26N2O12S. The Balaban J connectivity index is 0.000000695. The highest BCUT2D eigenvalue weighted by Crippen LogP contribution is 2.56. The van der Waals surface area contributed by atoms with Crippen molar-refractivity contribution in [3.05, 3.63) is 52.0 Å². The second-order valence-corrected chi connectivity index (χ2v) is 10.3. The number of ketones is 2. The van der Waals surface area contributed by atoms with Gasteiger partial charge in [-0.1, -0.05) is 12.1 Å². The van der Waals surface area contributed by atoms with Crippen molar-refractivity contribution in [2.45, 2.75) is 30.6 Å². The first kappa shape index (κ1) is 28.2. The zero-order chi connectivity index (χ0) is 28.4. The lowest BCUT2D eigenvalue weighted by Crippen LogP contribution is -2.65. The SMILES string of the molecule is CN(C)[C@@H]1C(O)=C(C(N)=O)C(=O)[C@@]2(O)C(O)=C3C(=O)c4c(O)cccc4[C@@](C)(O)[C@H]3C[C@@H]12.O=S(=O)(O)O. The molecule has 9 N–H and O–H groups in total. The molecule has 0 saturated carbocycles. The highest BCUT2D eigenvalue weighted by molar-refractivity contribution is 7.79. The lowest BCUT2D eigenvalue weighted by atomic mass is 9.55. The Bertz CT molecular complexity index is 1370. The van der Waals surface area contributed by atoms with Crippen molar-refractivity contribution in [2.24, 2.45) is 17.6 Å². The number of carbonyl (C=O) groups excluding carboxylic acids is 3. The van der Waals surface area contributed by atoms with Crippen molar-refractivity contribution in [3.8, 4) is 5.75 Å². The van der Waals surface area contributed by atoms with Gasteiger partial charge in [-0.2, -0.15) is 8.42 Å². The maximum atomic E-state index is 13.3. The van der Waals surface area contributed by atoms with E-state index in [1.165, 1.54) is 44.1 Å². The minimum atomic E-state index is -4.67. The number of primary amides is 1. The molecule has 14 nitrogen and oxygen atoms in total. The van der Waals surface area contributed by atoms with Crippen LogP contribution in [0.1, 0.15) is 29.3 Å². The summed E-state index contributed by atoms with van der Waals surface area (Å²) in [7, 11) is -1.60. The quantitative estimate of drug-likeness (QED) is 0.167. The number of Topliss-reactive ketones (excluding diaryl/α,β-unsaturated/α-hetero) is 2. The molecule has 0 unspecified atom stereocenters. The number of benzene rings is 1. The summed E-state index contributed by atoms with van der Waals surface area (Å²) in [5, 5.41) is 55.0. The predicted molar refractivity (Wildman–Crippen MR) is 124 cm³/mol. The number of aliphatic hydroxyl groups is 4. The Labute approximate surface area is 210 Å². The number of nitrogens with two attached hydrogens (primary N) is 1. The molecule has 0 heterocycles. The van der Waals surface area contributed by atoms with Crippen molar-refractivity contribution in [1.29, 1.82) is 0 Å². The fourth-order valence-electron chi connectivity index (χ4n) is 5.51. The maximum Gasteiger partial charge on any atom is 0.394 e. The van der Waals surface area contributed by atoms with Gasteiger partial charge < -0.3 is 31.3 Å². The zero-order valence-electron chi connectivity index (χ0n) is 19.8. The van der Waals surface area contributed by atoms with Gasteiger partial charge in [0.05, 0.1) is 17.2 Å². The third-order valence-corrected chi connectivity index (χ3v) is 7.02. The van der Waals surface area contributed by atoms with E-state index >= 15 is 0 Å². The molecule has 3 aliphatic carbocycles. The van der Waals surface area contributed by atoms with Crippen LogP contribution in [0.4, 0.5) is 0 Å². The van der Waals surface area contributed by atoms with Crippen molar-refractivity contribution < 1.29 is 57.4 Å². The molecule has 1 aromatic rings. The summed E-state index contributed by atoms with van der Waals surface area (Å²) in [4.78, 5) is 39.9. The smallest absolute Gasteiger partial charge is 0.394 e. The lowest BCUT2D eigenvalue weighted by molar-refractivity contribution is -0.151. The molecule has 0 saturated heterocycles. The maximum absolute atomic E-state index is 13.3. The molecule has 0 aliphatic heterocycles. The Morgan fingerprint density at radius 1 is 1.11 bits per heavy atom. The van der Waals surface area contributed by atoms with Crippen LogP contribution in [0.5, 0.6) is 5.75 Å². The molecule has 0 radical (unpaired) electrons. The van der Waals surface area contributed by atoms with Crippen LogP contribution in [0, 0.1) is 11.8 Å². The molecule has 0 bridgehead atoms. The van der Waals surface area contributed by atoms with Gasteiger partial charge in [-0.25, -0.2) is 0 Å². The number of nitrogens with zero attached hydrogens (tertiary/aromatic N) is 1. The number of likely N-dealkylation sites (N-methyl/N-ethyl adjacent to an activating group) is 1. The van der Waals surface area contributed by atoms with E-state index in [-0.39, 0.29) is 17.5 Å². The van der Waals surface area contributed by atoms with Crippen LogP contribution in [0.25, 0.3) is 0 Å². The van der Waals surface area contributed by atoms with Crippen molar-refractivity contribution >= 4 is 27.9 Å². The van der Waals surface area contributed by atoms with Crippen LogP contribution in [0.3, 0.4) is 0 Å². The third-order valence-electron chi connectivity index (χ3n) is 7.02. The molecular weight excluding hydrogens is 516 g/mol. The van der Waals surface area contributed by atoms with Crippen molar-refractivity contribution in [2.75, 3.05) is 14.1 Å². The van der Waals surface area contributed by atoms with Crippen LogP contribution in [-0.2, 0) is 25.6 Å². The Hall–Kier alpha value is -3.34. The van der Waals surface area contributed by atoms with Gasteiger partial charge in [-0.15, -0.1) is 0 Å². The fraction of sp³-hybridized carbons (Fsp3) is 0.409. The van der Waals surface area contributed by atoms with Crippen LogP contribution in [0.2, 0.25) is 0 Å². The normalized spacial score (nSPS) is 31.3. The molecule has 3 aliphatic rings. The third kappa shape index (κ3) is 4.28. The predicted octanol–water partition coefficient (Wildman–Crippen LogP) is -0.867. The fourth-order valence-corrected chi connectivity index (χ4v) is 5.51. The summed E-state index contributed by atoms with van der Waals surface area (Å²) < 4.78 is 31.6. The van der Waals surface area contributed by atoms with Crippen molar-refractivity contribution in [1.82, 2.24) is 4.90 Å². The Morgan fingerprint density at radius 3 is 2.14 bits per heavy atom. The number of phenolic OH excluding ortho intramolecular Hbond substituents is 1. The van der Waals surface area contributed by atoms with E-state index in [2.05, 4.69) is 0 Å². The second-order valence-electron chi connectivity index (χ2n) is 9.41. The van der Waals surface area contributed by atoms with E-state index in [0.717, 1.165) is 0 Å². The second kappa shape index (κ2) is 8.90. The molecule has 4 rings (SSSR count). The number of aromatic hydroxyl groups is 1. The highest BCUT2D eigenvalue weighted by Gasteiger charge is 2.65. The molecule has 1 amide bonds. The van der Waals surface area contributed by atoms with E-state index in [9.17, 15) is 39.9 Å². The van der Waals surface area contributed by atoms with Gasteiger partial charge in [0.1, 0.15) is 22.8 Å². The number of phenols is 1. The standard InChI is InChI=1S/C22H24N2O8.H2O4S/c1-21(31)8-5-4-6-11(25)12(8)16(26)13-9(21)7-10-15(24(2)3)17(27)14(20(23)30)19(29)22(10,32)18(13)28;1-5(2,3)4/h4-6,9-10,15,25,27-28,31-32H,7H2,1-3H3,(H2,23,30);(H2,1,2,3,4)/t9-,10-,15-,21+,22-;/m0./s1. The minimum Gasteiger partial charge on any atom is -0.510 e. The van der Waals surface area contributed by atoms with Gasteiger partial charge in [-0.05, 0) is 39.1 Å². The first-order valence-electron chi connectivity index (χ1n) is 10.7. The van der Waals surface area contributed by atoms with E-state index in [1.807, 2.05) is 0 Å². The summed E-state index contributed by atoms with van der Waals surface area (Å²) in [5.74, 6) is -7.89. The number of rotatable bonds is 2. The van der Waals surface area contributed by atoms with Gasteiger partial charge in [0.2, 0.25) is 5.78 Å². The van der Waals surface area contributed by atoms with Gasteiger partial charge in [0, 0.05) is 17.4 Å². The largest absolute Gasteiger partial charge is 0.510 e.